The summed E-state index contributed by atoms with van der Waals surface area (Å²) >= 11 is 0. The number of nitrogens with zero attached hydrogens (tertiary/aromatic N) is 5. The lowest BCUT2D eigenvalue weighted by Crippen LogP contribution is -2.34. The highest BCUT2D eigenvalue weighted by molar-refractivity contribution is 5.94. The van der Waals surface area contributed by atoms with Crippen LogP contribution in [0, 0.1) is 25.2 Å². The maximum atomic E-state index is 12.3. The summed E-state index contributed by atoms with van der Waals surface area (Å²) in [6.07, 6.45) is 1.85. The molecule has 6 nitrogen and oxygen atoms in total. The average Bonchev–Trinajstić information content (AvgIpc) is 2.85. The van der Waals surface area contributed by atoms with Gasteiger partial charge in [-0.05, 0) is 39.0 Å². The SMILES string of the molecule is Cc1cc(C)n(-c2ccc(C(=O)N(C)C(C)CC#N)cn2)n1. The number of carbonyl (C=O) groups is 1. The van der Waals surface area contributed by atoms with E-state index in [9.17, 15) is 4.79 Å². The molecule has 1 atom stereocenters. The standard InChI is InChI=1S/C16H19N5O/c1-11-9-13(3)21(19-11)15-6-5-14(10-18-15)16(22)20(4)12(2)7-8-17/h5-6,9-10,12H,7H2,1-4H3. The van der Waals surface area contributed by atoms with Gasteiger partial charge in [0.1, 0.15) is 0 Å². The second-order valence-corrected chi connectivity index (χ2v) is 5.37. The van der Waals surface area contributed by atoms with Crippen LogP contribution in [0.4, 0.5) is 0 Å². The van der Waals surface area contributed by atoms with Gasteiger partial charge in [0.2, 0.25) is 0 Å². The van der Waals surface area contributed by atoms with Gasteiger partial charge < -0.3 is 4.90 Å². The summed E-state index contributed by atoms with van der Waals surface area (Å²) < 4.78 is 1.74. The molecule has 1 amide bonds. The normalized spacial score (nSPS) is 11.8. The van der Waals surface area contributed by atoms with Crippen molar-refractivity contribution >= 4 is 5.91 Å². The number of hydrogen-bond acceptors (Lipinski definition) is 4. The summed E-state index contributed by atoms with van der Waals surface area (Å²) in [7, 11) is 1.69. The summed E-state index contributed by atoms with van der Waals surface area (Å²) in [6, 6.07) is 7.42. The van der Waals surface area contributed by atoms with Crippen molar-refractivity contribution in [3.05, 3.63) is 41.3 Å². The van der Waals surface area contributed by atoms with Gasteiger partial charge in [-0.2, -0.15) is 10.4 Å². The minimum Gasteiger partial charge on any atom is -0.338 e. The Morgan fingerprint density at radius 1 is 1.45 bits per heavy atom. The highest BCUT2D eigenvalue weighted by Crippen LogP contribution is 2.12. The van der Waals surface area contributed by atoms with Crippen LogP contribution in [-0.2, 0) is 0 Å². The first-order valence-corrected chi connectivity index (χ1v) is 7.08. The van der Waals surface area contributed by atoms with Crippen molar-refractivity contribution in [3.63, 3.8) is 0 Å². The van der Waals surface area contributed by atoms with E-state index < -0.39 is 0 Å². The maximum Gasteiger partial charge on any atom is 0.255 e. The minimum absolute atomic E-state index is 0.131. The monoisotopic (exact) mass is 297 g/mol. The van der Waals surface area contributed by atoms with Crippen LogP contribution in [0.1, 0.15) is 35.1 Å². The number of hydrogen-bond donors (Lipinski definition) is 0. The predicted molar refractivity (Wildman–Crippen MR) is 82.6 cm³/mol. The lowest BCUT2D eigenvalue weighted by Gasteiger charge is -2.22. The third-order valence-electron chi connectivity index (χ3n) is 3.59. The molecule has 0 bridgehead atoms. The zero-order chi connectivity index (χ0) is 16.3. The van der Waals surface area contributed by atoms with Crippen molar-refractivity contribution < 1.29 is 4.79 Å². The van der Waals surface area contributed by atoms with Crippen molar-refractivity contribution in [2.24, 2.45) is 0 Å². The average molecular weight is 297 g/mol. The summed E-state index contributed by atoms with van der Waals surface area (Å²) in [5.41, 5.74) is 2.41. The topological polar surface area (TPSA) is 74.8 Å². The van der Waals surface area contributed by atoms with E-state index in [1.165, 1.54) is 0 Å². The summed E-state index contributed by atoms with van der Waals surface area (Å²) in [5.74, 6) is 0.532. The molecule has 2 heterocycles. The highest BCUT2D eigenvalue weighted by Gasteiger charge is 2.17. The number of aromatic nitrogens is 3. The van der Waals surface area contributed by atoms with Crippen LogP contribution in [-0.4, -0.2) is 38.7 Å². The first-order chi connectivity index (χ1) is 10.4. The van der Waals surface area contributed by atoms with E-state index in [4.69, 9.17) is 5.26 Å². The molecule has 0 spiro atoms. The minimum atomic E-state index is -0.143. The van der Waals surface area contributed by atoms with Gasteiger partial charge in [-0.25, -0.2) is 9.67 Å². The van der Waals surface area contributed by atoms with Gasteiger partial charge in [0, 0.05) is 25.0 Å². The Bertz CT molecular complexity index is 711. The molecular weight excluding hydrogens is 278 g/mol. The van der Waals surface area contributed by atoms with Crippen molar-refractivity contribution in [2.45, 2.75) is 33.2 Å². The Kier molecular flexibility index (Phi) is 4.56. The number of nitriles is 1. The molecule has 2 aromatic rings. The van der Waals surface area contributed by atoms with Crippen LogP contribution in [0.15, 0.2) is 24.4 Å². The quantitative estimate of drug-likeness (QED) is 0.867. The fraction of sp³-hybridized carbons (Fsp3) is 0.375. The van der Waals surface area contributed by atoms with Crippen LogP contribution in [0.3, 0.4) is 0 Å². The second-order valence-electron chi connectivity index (χ2n) is 5.37. The van der Waals surface area contributed by atoms with E-state index in [1.807, 2.05) is 26.8 Å². The van der Waals surface area contributed by atoms with Gasteiger partial charge in [0.05, 0.1) is 23.7 Å². The number of rotatable bonds is 4. The molecular formula is C16H19N5O. The molecule has 2 aromatic heterocycles. The first kappa shape index (κ1) is 15.7. The van der Waals surface area contributed by atoms with Crippen molar-refractivity contribution in [3.8, 4) is 11.9 Å². The van der Waals surface area contributed by atoms with Gasteiger partial charge in [-0.15, -0.1) is 0 Å². The second kappa shape index (κ2) is 6.39. The number of amides is 1. The lowest BCUT2D eigenvalue weighted by molar-refractivity contribution is 0.0746. The third kappa shape index (κ3) is 3.14. The largest absolute Gasteiger partial charge is 0.338 e. The van der Waals surface area contributed by atoms with Crippen LogP contribution >= 0.6 is 0 Å². The number of aryl methyl sites for hydroxylation is 2. The molecule has 0 aliphatic rings. The molecule has 0 aromatic carbocycles. The van der Waals surface area contributed by atoms with E-state index in [2.05, 4.69) is 16.2 Å². The molecule has 0 radical (unpaired) electrons. The molecule has 0 aliphatic carbocycles. The summed E-state index contributed by atoms with van der Waals surface area (Å²) in [5, 5.41) is 13.1. The zero-order valence-corrected chi connectivity index (χ0v) is 13.2. The Labute approximate surface area is 130 Å². The van der Waals surface area contributed by atoms with Crippen LogP contribution < -0.4 is 0 Å². The molecule has 1 unspecified atom stereocenters. The van der Waals surface area contributed by atoms with E-state index in [1.54, 1.807) is 35.0 Å². The summed E-state index contributed by atoms with van der Waals surface area (Å²) in [6.45, 7) is 5.73. The third-order valence-corrected chi connectivity index (χ3v) is 3.59. The summed E-state index contributed by atoms with van der Waals surface area (Å²) in [4.78, 5) is 18.2. The van der Waals surface area contributed by atoms with E-state index >= 15 is 0 Å². The molecule has 0 fully saturated rings. The van der Waals surface area contributed by atoms with E-state index in [-0.39, 0.29) is 11.9 Å². The molecule has 0 N–H and O–H groups in total. The highest BCUT2D eigenvalue weighted by atomic mass is 16.2. The van der Waals surface area contributed by atoms with E-state index in [0.29, 0.717) is 17.8 Å². The van der Waals surface area contributed by atoms with Gasteiger partial charge in [0.25, 0.3) is 5.91 Å². The van der Waals surface area contributed by atoms with Crippen LogP contribution in [0.25, 0.3) is 5.82 Å². The Balaban J connectivity index is 2.20. The lowest BCUT2D eigenvalue weighted by atomic mass is 10.2. The molecule has 114 valence electrons. The van der Waals surface area contributed by atoms with Crippen molar-refractivity contribution in [2.75, 3.05) is 7.05 Å². The van der Waals surface area contributed by atoms with Crippen LogP contribution in [0.2, 0.25) is 0 Å². The number of carbonyl (C=O) groups excluding carboxylic acids is 1. The van der Waals surface area contributed by atoms with Gasteiger partial charge >= 0.3 is 0 Å². The maximum absolute atomic E-state index is 12.3. The smallest absolute Gasteiger partial charge is 0.255 e. The first-order valence-electron chi connectivity index (χ1n) is 7.08. The predicted octanol–water partition coefficient (Wildman–Crippen LogP) is 2.26. The Morgan fingerprint density at radius 2 is 2.18 bits per heavy atom. The van der Waals surface area contributed by atoms with Gasteiger partial charge in [0.15, 0.2) is 5.82 Å². The fourth-order valence-electron chi connectivity index (χ4n) is 2.17. The van der Waals surface area contributed by atoms with Crippen LogP contribution in [0.5, 0.6) is 0 Å². The molecule has 22 heavy (non-hydrogen) atoms. The van der Waals surface area contributed by atoms with Gasteiger partial charge in [-0.3, -0.25) is 4.79 Å². The van der Waals surface area contributed by atoms with Crippen molar-refractivity contribution in [1.82, 2.24) is 19.7 Å². The fourth-order valence-corrected chi connectivity index (χ4v) is 2.17. The molecule has 0 aliphatic heterocycles. The van der Waals surface area contributed by atoms with E-state index in [0.717, 1.165) is 11.4 Å². The zero-order valence-electron chi connectivity index (χ0n) is 13.2. The van der Waals surface area contributed by atoms with Gasteiger partial charge in [-0.1, -0.05) is 0 Å². The molecule has 0 saturated carbocycles. The number of pyridine rings is 1. The molecule has 2 rings (SSSR count). The molecule has 0 saturated heterocycles. The Hall–Kier alpha value is -2.68. The van der Waals surface area contributed by atoms with Crippen molar-refractivity contribution in [1.29, 1.82) is 5.26 Å². The molecule has 6 heteroatoms. The Morgan fingerprint density at radius 3 is 2.68 bits per heavy atom.